The molecule has 0 aromatic rings. The predicted octanol–water partition coefficient (Wildman–Crippen LogP) is 2.60. The molecule has 6 heteroatoms. The van der Waals surface area contributed by atoms with Crippen molar-refractivity contribution in [2.75, 3.05) is 0 Å². The van der Waals surface area contributed by atoms with Gasteiger partial charge >= 0.3 is 6.18 Å². The van der Waals surface area contributed by atoms with Crippen LogP contribution in [0.2, 0.25) is 0 Å². The Hall–Kier alpha value is -0.780. The highest BCUT2D eigenvalue weighted by molar-refractivity contribution is 5.76. The Morgan fingerprint density at radius 1 is 1.37 bits per heavy atom. The zero-order valence-corrected chi connectivity index (χ0v) is 11.5. The lowest BCUT2D eigenvalue weighted by atomic mass is 9.85. The van der Waals surface area contributed by atoms with Crippen LogP contribution in [0.25, 0.3) is 0 Å². The number of carbonyl (C=O) groups excluding carboxylic acids is 1. The van der Waals surface area contributed by atoms with Gasteiger partial charge in [-0.15, -0.1) is 0 Å². The standard InChI is InChI=1S/C13H23F3N2O/c1-8(2)11(17)7-12(19)18-10-5-3-4-9(6-10)13(14,15)16/h8-11H,3-7,17H2,1-2H3,(H,18,19). The Morgan fingerprint density at radius 3 is 2.53 bits per heavy atom. The van der Waals surface area contributed by atoms with E-state index in [0.717, 1.165) is 0 Å². The fourth-order valence-electron chi connectivity index (χ4n) is 2.35. The molecule has 1 rings (SSSR count). The largest absolute Gasteiger partial charge is 0.391 e. The van der Waals surface area contributed by atoms with Gasteiger partial charge in [-0.25, -0.2) is 0 Å². The van der Waals surface area contributed by atoms with E-state index in [1.165, 1.54) is 0 Å². The molecule has 0 radical (unpaired) electrons. The summed E-state index contributed by atoms with van der Waals surface area (Å²) in [4.78, 5) is 11.7. The molecule has 0 bridgehead atoms. The molecule has 1 fully saturated rings. The number of halogens is 3. The second kappa shape index (κ2) is 6.59. The molecule has 112 valence electrons. The number of hydrogen-bond donors (Lipinski definition) is 2. The molecule has 0 saturated heterocycles. The van der Waals surface area contributed by atoms with E-state index in [-0.39, 0.29) is 43.2 Å². The maximum absolute atomic E-state index is 12.6. The molecule has 0 aliphatic heterocycles. The van der Waals surface area contributed by atoms with Crippen molar-refractivity contribution in [3.63, 3.8) is 0 Å². The molecule has 1 saturated carbocycles. The minimum absolute atomic E-state index is 0.00778. The van der Waals surface area contributed by atoms with Gasteiger partial charge in [-0.3, -0.25) is 4.79 Å². The second-order valence-corrected chi connectivity index (χ2v) is 5.78. The Balaban J connectivity index is 2.42. The van der Waals surface area contributed by atoms with Crippen molar-refractivity contribution >= 4 is 5.91 Å². The van der Waals surface area contributed by atoms with Crippen molar-refractivity contribution in [2.45, 2.75) is 64.2 Å². The first-order valence-electron chi connectivity index (χ1n) is 6.81. The van der Waals surface area contributed by atoms with E-state index < -0.39 is 12.1 Å². The monoisotopic (exact) mass is 280 g/mol. The molecule has 19 heavy (non-hydrogen) atoms. The zero-order valence-electron chi connectivity index (χ0n) is 11.5. The minimum Gasteiger partial charge on any atom is -0.353 e. The summed E-state index contributed by atoms with van der Waals surface area (Å²) in [5.41, 5.74) is 5.78. The van der Waals surface area contributed by atoms with E-state index in [9.17, 15) is 18.0 Å². The minimum atomic E-state index is -4.16. The summed E-state index contributed by atoms with van der Waals surface area (Å²) in [6.45, 7) is 3.83. The number of rotatable bonds is 4. The van der Waals surface area contributed by atoms with Crippen molar-refractivity contribution in [2.24, 2.45) is 17.6 Å². The Morgan fingerprint density at radius 2 is 2.00 bits per heavy atom. The van der Waals surface area contributed by atoms with Gasteiger partial charge in [0.2, 0.25) is 5.91 Å². The molecule has 1 amide bonds. The van der Waals surface area contributed by atoms with E-state index in [1.807, 2.05) is 13.8 Å². The molecule has 0 spiro atoms. The first-order valence-corrected chi connectivity index (χ1v) is 6.81. The third-order valence-electron chi connectivity index (χ3n) is 3.78. The summed E-state index contributed by atoms with van der Waals surface area (Å²) in [6, 6.07) is -0.616. The SMILES string of the molecule is CC(C)C(N)CC(=O)NC1CCCC(C(F)(F)F)C1. The lowest BCUT2D eigenvalue weighted by Crippen LogP contribution is -2.43. The van der Waals surface area contributed by atoms with Crippen molar-refractivity contribution in [3.8, 4) is 0 Å². The highest BCUT2D eigenvalue weighted by atomic mass is 19.4. The average molecular weight is 280 g/mol. The molecule has 0 heterocycles. The second-order valence-electron chi connectivity index (χ2n) is 5.78. The van der Waals surface area contributed by atoms with Crippen LogP contribution in [0.1, 0.15) is 46.0 Å². The summed E-state index contributed by atoms with van der Waals surface area (Å²) >= 11 is 0. The van der Waals surface area contributed by atoms with Crippen LogP contribution in [0.15, 0.2) is 0 Å². The van der Waals surface area contributed by atoms with Gasteiger partial charge in [0.25, 0.3) is 0 Å². The number of nitrogens with one attached hydrogen (secondary N) is 1. The van der Waals surface area contributed by atoms with Crippen LogP contribution in [0, 0.1) is 11.8 Å². The van der Waals surface area contributed by atoms with E-state index >= 15 is 0 Å². The smallest absolute Gasteiger partial charge is 0.353 e. The molecular formula is C13H23F3N2O. The van der Waals surface area contributed by atoms with Crippen LogP contribution in [0.5, 0.6) is 0 Å². The number of carbonyl (C=O) groups is 1. The van der Waals surface area contributed by atoms with Crippen LogP contribution in [-0.2, 0) is 4.79 Å². The van der Waals surface area contributed by atoms with E-state index in [1.54, 1.807) is 0 Å². The third-order valence-corrected chi connectivity index (χ3v) is 3.78. The van der Waals surface area contributed by atoms with Crippen molar-refractivity contribution in [1.82, 2.24) is 5.32 Å². The van der Waals surface area contributed by atoms with Gasteiger partial charge < -0.3 is 11.1 Å². The van der Waals surface area contributed by atoms with Crippen LogP contribution in [-0.4, -0.2) is 24.2 Å². The van der Waals surface area contributed by atoms with Gasteiger partial charge in [-0.2, -0.15) is 13.2 Å². The quantitative estimate of drug-likeness (QED) is 0.831. The van der Waals surface area contributed by atoms with E-state index in [0.29, 0.717) is 12.8 Å². The van der Waals surface area contributed by atoms with Gasteiger partial charge in [0.15, 0.2) is 0 Å². The molecule has 1 aliphatic rings. The average Bonchev–Trinajstić information content (AvgIpc) is 2.27. The predicted molar refractivity (Wildman–Crippen MR) is 67.4 cm³/mol. The van der Waals surface area contributed by atoms with Crippen LogP contribution >= 0.6 is 0 Å². The molecule has 0 aromatic carbocycles. The molecule has 3 N–H and O–H groups in total. The number of alkyl halides is 3. The normalized spacial score (nSPS) is 26.3. The summed E-state index contributed by atoms with van der Waals surface area (Å²) in [7, 11) is 0. The van der Waals surface area contributed by atoms with Gasteiger partial charge in [0.05, 0.1) is 5.92 Å². The summed E-state index contributed by atoms with van der Waals surface area (Å²) < 4.78 is 37.9. The Labute approximate surface area is 112 Å². The van der Waals surface area contributed by atoms with Crippen LogP contribution in [0.4, 0.5) is 13.2 Å². The molecule has 3 atom stereocenters. The van der Waals surface area contributed by atoms with Crippen LogP contribution < -0.4 is 11.1 Å². The fourth-order valence-corrected chi connectivity index (χ4v) is 2.35. The van der Waals surface area contributed by atoms with Crippen molar-refractivity contribution < 1.29 is 18.0 Å². The highest BCUT2D eigenvalue weighted by Crippen LogP contribution is 2.37. The lowest BCUT2D eigenvalue weighted by molar-refractivity contribution is -0.184. The summed E-state index contributed by atoms with van der Waals surface area (Å²) in [6.07, 6.45) is -2.70. The maximum atomic E-state index is 12.6. The molecule has 0 aromatic heterocycles. The molecule has 3 unspecified atom stereocenters. The highest BCUT2D eigenvalue weighted by Gasteiger charge is 2.42. The summed E-state index contributed by atoms with van der Waals surface area (Å²) in [5.74, 6) is -1.35. The topological polar surface area (TPSA) is 55.1 Å². The van der Waals surface area contributed by atoms with Crippen molar-refractivity contribution in [3.05, 3.63) is 0 Å². The van der Waals surface area contributed by atoms with Crippen molar-refractivity contribution in [1.29, 1.82) is 0 Å². The molecular weight excluding hydrogens is 257 g/mol. The third kappa shape index (κ3) is 5.38. The van der Waals surface area contributed by atoms with Gasteiger partial charge in [0.1, 0.15) is 0 Å². The summed E-state index contributed by atoms with van der Waals surface area (Å²) in [5, 5.41) is 2.69. The lowest BCUT2D eigenvalue weighted by Gasteiger charge is -2.31. The van der Waals surface area contributed by atoms with Gasteiger partial charge in [0, 0.05) is 18.5 Å². The van der Waals surface area contributed by atoms with Gasteiger partial charge in [-0.05, 0) is 25.2 Å². The molecule has 1 aliphatic carbocycles. The van der Waals surface area contributed by atoms with Crippen LogP contribution in [0.3, 0.4) is 0 Å². The maximum Gasteiger partial charge on any atom is 0.391 e. The van der Waals surface area contributed by atoms with Gasteiger partial charge in [-0.1, -0.05) is 20.3 Å². The Bertz CT molecular complexity index is 305. The Kier molecular flexibility index (Phi) is 5.64. The number of hydrogen-bond acceptors (Lipinski definition) is 2. The zero-order chi connectivity index (χ0) is 14.6. The number of amides is 1. The fraction of sp³-hybridized carbons (Fsp3) is 0.923. The number of nitrogens with two attached hydrogens (primary N) is 1. The van der Waals surface area contributed by atoms with E-state index in [4.69, 9.17) is 5.73 Å². The first-order chi connectivity index (χ1) is 8.70. The van der Waals surface area contributed by atoms with E-state index in [2.05, 4.69) is 5.32 Å². The first kappa shape index (κ1) is 16.3. The molecule has 3 nitrogen and oxygen atoms in total.